The lowest BCUT2D eigenvalue weighted by Gasteiger charge is -2.45. The zero-order valence-corrected chi connectivity index (χ0v) is 31.1. The topological polar surface area (TPSA) is 180 Å². The number of unbranched alkanes of at least 4 members (excludes halogenated alkanes) is 1. The van der Waals surface area contributed by atoms with Crippen LogP contribution in [0.5, 0.6) is 0 Å². The summed E-state index contributed by atoms with van der Waals surface area (Å²) in [5.74, 6) is -3.12. The van der Waals surface area contributed by atoms with E-state index >= 15 is 0 Å². The maximum atomic E-state index is 14.9. The zero-order valence-electron chi connectivity index (χ0n) is 31.1. The van der Waals surface area contributed by atoms with Crippen LogP contribution in [-0.2, 0) is 24.0 Å². The third-order valence-corrected chi connectivity index (χ3v) is 12.1. The second kappa shape index (κ2) is 17.1. The Hall–Kier alpha value is -4.16. The van der Waals surface area contributed by atoms with Crippen LogP contribution in [0.4, 0.5) is 0 Å². The minimum Gasteiger partial charge on any atom is -0.346 e. The van der Waals surface area contributed by atoms with Gasteiger partial charge in [-0.25, -0.2) is 4.98 Å². The fourth-order valence-corrected chi connectivity index (χ4v) is 8.77. The van der Waals surface area contributed by atoms with Crippen LogP contribution in [0.2, 0.25) is 0 Å². The van der Waals surface area contributed by atoms with E-state index in [1.54, 1.807) is 4.90 Å². The maximum absolute atomic E-state index is 14.9. The smallest absolute Gasteiger partial charge is 0.289 e. The molecule has 1 saturated heterocycles. The molecule has 1 aromatic heterocycles. The van der Waals surface area contributed by atoms with Gasteiger partial charge in [0, 0.05) is 25.5 Å². The van der Waals surface area contributed by atoms with Gasteiger partial charge in [0.05, 0.1) is 12.2 Å². The molecule has 3 saturated carbocycles. The number of hydrogen-bond acceptors (Lipinski definition) is 8. The maximum Gasteiger partial charge on any atom is 0.289 e. The largest absolute Gasteiger partial charge is 0.346 e. The van der Waals surface area contributed by atoms with Crippen molar-refractivity contribution in [3.8, 4) is 0 Å². The molecule has 1 aliphatic heterocycles. The summed E-state index contributed by atoms with van der Waals surface area (Å²) < 4.78 is 0. The second-order valence-corrected chi connectivity index (χ2v) is 16.0. The number of amides is 5. The predicted octanol–water partition coefficient (Wildman–Crippen LogP) is 3.39. The van der Waals surface area contributed by atoms with E-state index in [4.69, 9.17) is 0 Å². The van der Waals surface area contributed by atoms with Gasteiger partial charge >= 0.3 is 0 Å². The standard InChI is InChI=1S/C39H57N7O6/c1-5-7-14-27(30(47)35(50)42-19-6-2)43-34(49)29-26-22-25(26)24-46(29)37(52)32(39(4)17-12-9-13-18-39)45-36(51)31(38(3)15-10-8-11-16-38)44-33(48)28-23-40-20-21-41-28/h6,20-21,23,25-27,29,31-32H,2,5,7-19,22,24H2,1,3-4H3,(H,42,50)(H,43,49)(H,44,48)(H,45,51)/t25-,26-,27?,29-,31+,32+/m0/s1. The molecule has 1 aromatic rings. The third-order valence-electron chi connectivity index (χ3n) is 12.1. The summed E-state index contributed by atoms with van der Waals surface area (Å²) in [6.07, 6.45) is 16.9. The molecule has 52 heavy (non-hydrogen) atoms. The average Bonchev–Trinajstić information content (AvgIpc) is 3.81. The number of nitrogens with one attached hydrogen (secondary N) is 4. The van der Waals surface area contributed by atoms with E-state index in [2.05, 4.69) is 37.8 Å². The lowest BCUT2D eigenvalue weighted by molar-refractivity contribution is -0.147. The normalized spacial score (nSPS) is 24.6. The van der Waals surface area contributed by atoms with Crippen molar-refractivity contribution in [1.82, 2.24) is 36.1 Å². The molecule has 3 aliphatic carbocycles. The van der Waals surface area contributed by atoms with Crippen molar-refractivity contribution < 1.29 is 28.8 Å². The molecule has 5 amide bonds. The van der Waals surface area contributed by atoms with Crippen LogP contribution < -0.4 is 21.3 Å². The Balaban J connectivity index is 1.40. The summed E-state index contributed by atoms with van der Waals surface area (Å²) in [5.41, 5.74) is -1.02. The fraction of sp³-hybridized carbons (Fsp3) is 0.692. The highest BCUT2D eigenvalue weighted by Crippen LogP contribution is 2.51. The molecule has 6 atom stereocenters. The van der Waals surface area contributed by atoms with Crippen LogP contribution in [0.1, 0.15) is 121 Å². The van der Waals surface area contributed by atoms with Gasteiger partial charge in [-0.3, -0.25) is 33.8 Å². The van der Waals surface area contributed by atoms with Crippen molar-refractivity contribution in [2.45, 2.75) is 135 Å². The van der Waals surface area contributed by atoms with Gasteiger partial charge in [0.25, 0.3) is 11.8 Å². The molecule has 0 bridgehead atoms. The molecule has 4 aliphatic rings. The van der Waals surface area contributed by atoms with Crippen molar-refractivity contribution in [3.63, 3.8) is 0 Å². The summed E-state index contributed by atoms with van der Waals surface area (Å²) in [4.78, 5) is 92.5. The Morgan fingerprint density at radius 1 is 0.923 bits per heavy atom. The van der Waals surface area contributed by atoms with E-state index < -0.39 is 64.4 Å². The molecule has 2 heterocycles. The molecule has 4 fully saturated rings. The van der Waals surface area contributed by atoms with Crippen LogP contribution in [0, 0.1) is 22.7 Å². The van der Waals surface area contributed by atoms with Crippen LogP contribution in [0.15, 0.2) is 31.2 Å². The van der Waals surface area contributed by atoms with E-state index in [1.165, 1.54) is 24.7 Å². The van der Waals surface area contributed by atoms with E-state index in [9.17, 15) is 28.8 Å². The SMILES string of the molecule is C=CCNC(=O)C(=O)C(CCCC)NC(=O)[C@@H]1[C@H]2C[C@H]2CN1C(=O)[C@@H](NC(=O)[C@@H](NC(=O)c1cnccn1)C1(C)CCCCC1)C1(C)CCCCC1. The Kier molecular flexibility index (Phi) is 12.9. The number of hydrogen-bond donors (Lipinski definition) is 4. The lowest BCUT2D eigenvalue weighted by Crippen LogP contribution is -2.64. The van der Waals surface area contributed by atoms with Gasteiger partial charge in [-0.15, -0.1) is 6.58 Å². The van der Waals surface area contributed by atoms with Gasteiger partial charge in [0.15, 0.2) is 0 Å². The van der Waals surface area contributed by atoms with E-state index in [0.29, 0.717) is 19.4 Å². The van der Waals surface area contributed by atoms with E-state index in [1.807, 2.05) is 20.8 Å². The highest BCUT2D eigenvalue weighted by atomic mass is 16.2. The predicted molar refractivity (Wildman–Crippen MR) is 194 cm³/mol. The molecule has 284 valence electrons. The van der Waals surface area contributed by atoms with Gasteiger partial charge in [0.1, 0.15) is 23.8 Å². The highest BCUT2D eigenvalue weighted by molar-refractivity contribution is 6.38. The number of piperidine rings is 1. The van der Waals surface area contributed by atoms with Crippen molar-refractivity contribution in [3.05, 3.63) is 36.9 Å². The van der Waals surface area contributed by atoms with Crippen molar-refractivity contribution in [2.75, 3.05) is 13.1 Å². The number of Topliss-reactive ketones (excluding diaryl/α,β-unsaturated/α-hetero) is 1. The number of rotatable bonds is 16. The fourth-order valence-electron chi connectivity index (χ4n) is 8.77. The Labute approximate surface area is 307 Å². The molecule has 13 nitrogen and oxygen atoms in total. The molecular weight excluding hydrogens is 662 g/mol. The Bertz CT molecular complexity index is 1490. The van der Waals surface area contributed by atoms with Crippen LogP contribution >= 0.6 is 0 Å². The molecule has 0 radical (unpaired) electrons. The second-order valence-electron chi connectivity index (χ2n) is 16.0. The van der Waals surface area contributed by atoms with Gasteiger partial charge in [-0.2, -0.15) is 0 Å². The zero-order chi connectivity index (χ0) is 37.5. The first-order chi connectivity index (χ1) is 24.9. The molecule has 0 aromatic carbocycles. The third kappa shape index (κ3) is 8.89. The molecular formula is C39H57N7O6. The van der Waals surface area contributed by atoms with Crippen LogP contribution in [0.25, 0.3) is 0 Å². The monoisotopic (exact) mass is 719 g/mol. The summed E-state index contributed by atoms with van der Waals surface area (Å²) in [5, 5.41) is 11.5. The van der Waals surface area contributed by atoms with E-state index in [0.717, 1.165) is 77.0 Å². The average molecular weight is 720 g/mol. The number of likely N-dealkylation sites (tertiary alicyclic amines) is 1. The molecule has 5 rings (SSSR count). The highest BCUT2D eigenvalue weighted by Gasteiger charge is 2.59. The van der Waals surface area contributed by atoms with Crippen molar-refractivity contribution in [1.29, 1.82) is 0 Å². The first kappa shape index (κ1) is 39.1. The van der Waals surface area contributed by atoms with Gasteiger partial charge in [-0.1, -0.05) is 78.2 Å². The Morgan fingerprint density at radius 3 is 2.17 bits per heavy atom. The van der Waals surface area contributed by atoms with Gasteiger partial charge in [0.2, 0.25) is 23.5 Å². The van der Waals surface area contributed by atoms with Crippen LogP contribution in [-0.4, -0.2) is 87.4 Å². The lowest BCUT2D eigenvalue weighted by atomic mass is 9.68. The number of ketones is 1. The number of nitrogens with zero attached hydrogens (tertiary/aromatic N) is 3. The number of carbonyl (C=O) groups is 6. The summed E-state index contributed by atoms with van der Waals surface area (Å²) in [6, 6.07) is -3.69. The van der Waals surface area contributed by atoms with Crippen molar-refractivity contribution in [2.24, 2.45) is 22.7 Å². The minimum absolute atomic E-state index is 0.0591. The number of fused-ring (bicyclic) bond motifs is 1. The van der Waals surface area contributed by atoms with Crippen molar-refractivity contribution >= 4 is 35.3 Å². The Morgan fingerprint density at radius 2 is 1.58 bits per heavy atom. The quantitative estimate of drug-likeness (QED) is 0.148. The summed E-state index contributed by atoms with van der Waals surface area (Å²) in [6.45, 7) is 10.1. The molecule has 0 spiro atoms. The summed E-state index contributed by atoms with van der Waals surface area (Å²) >= 11 is 0. The minimum atomic E-state index is -1.02. The number of carbonyl (C=O) groups excluding carboxylic acids is 6. The first-order valence-corrected chi connectivity index (χ1v) is 19.3. The summed E-state index contributed by atoms with van der Waals surface area (Å²) in [7, 11) is 0. The molecule has 13 heteroatoms. The van der Waals surface area contributed by atoms with Gasteiger partial charge in [-0.05, 0) is 61.2 Å². The van der Waals surface area contributed by atoms with Gasteiger partial charge < -0.3 is 26.2 Å². The first-order valence-electron chi connectivity index (χ1n) is 19.3. The van der Waals surface area contributed by atoms with Crippen LogP contribution in [0.3, 0.4) is 0 Å². The molecule has 4 N–H and O–H groups in total. The molecule has 1 unspecified atom stereocenters. The number of aromatic nitrogens is 2. The van der Waals surface area contributed by atoms with E-state index in [-0.39, 0.29) is 30.0 Å².